The van der Waals surface area contributed by atoms with Crippen molar-refractivity contribution in [1.82, 2.24) is 10.2 Å². The maximum Gasteiger partial charge on any atom is 0.0323 e. The van der Waals surface area contributed by atoms with Crippen LogP contribution in [-0.2, 0) is 0 Å². The first-order valence-electron chi connectivity index (χ1n) is 7.25. The summed E-state index contributed by atoms with van der Waals surface area (Å²) in [4.78, 5) is 2.62. The molecule has 1 fully saturated rings. The van der Waals surface area contributed by atoms with Gasteiger partial charge in [-0.15, -0.1) is 0 Å². The lowest BCUT2D eigenvalue weighted by molar-refractivity contribution is 0.223. The minimum absolute atomic E-state index is 0.531. The highest BCUT2D eigenvalue weighted by atomic mass is 15.2. The van der Waals surface area contributed by atoms with E-state index in [0.717, 1.165) is 13.1 Å². The van der Waals surface area contributed by atoms with E-state index >= 15 is 0 Å². The lowest BCUT2D eigenvalue weighted by Crippen LogP contribution is -2.31. The van der Waals surface area contributed by atoms with Crippen molar-refractivity contribution in [3.63, 3.8) is 0 Å². The van der Waals surface area contributed by atoms with Crippen molar-refractivity contribution in [3.8, 4) is 0 Å². The number of hydrogen-bond donors (Lipinski definition) is 1. The quantitative estimate of drug-likeness (QED) is 0.881. The van der Waals surface area contributed by atoms with Gasteiger partial charge in [0.2, 0.25) is 0 Å². The van der Waals surface area contributed by atoms with Gasteiger partial charge >= 0.3 is 0 Å². The van der Waals surface area contributed by atoms with Gasteiger partial charge in [-0.1, -0.05) is 31.2 Å². The zero-order chi connectivity index (χ0) is 13.0. The molecule has 100 valence electrons. The lowest BCUT2D eigenvalue weighted by Gasteiger charge is -2.28. The predicted molar refractivity (Wildman–Crippen MR) is 77.9 cm³/mol. The molecule has 0 radical (unpaired) electrons. The second-order valence-electron chi connectivity index (χ2n) is 5.42. The van der Waals surface area contributed by atoms with Gasteiger partial charge in [0.1, 0.15) is 0 Å². The Morgan fingerprint density at radius 1 is 1.33 bits per heavy atom. The van der Waals surface area contributed by atoms with Crippen molar-refractivity contribution in [2.24, 2.45) is 0 Å². The number of nitrogens with one attached hydrogen (secondary N) is 1. The van der Waals surface area contributed by atoms with Crippen LogP contribution in [0.1, 0.15) is 43.9 Å². The molecule has 0 aliphatic carbocycles. The zero-order valence-corrected chi connectivity index (χ0v) is 11.9. The summed E-state index contributed by atoms with van der Waals surface area (Å²) in [7, 11) is 0. The normalized spacial score (nSPS) is 23.6. The van der Waals surface area contributed by atoms with Crippen LogP contribution >= 0.6 is 0 Å². The van der Waals surface area contributed by atoms with E-state index in [9.17, 15) is 0 Å². The molecule has 2 rings (SSSR count). The van der Waals surface area contributed by atoms with Crippen molar-refractivity contribution in [3.05, 3.63) is 35.4 Å². The molecule has 2 unspecified atom stereocenters. The molecule has 0 saturated carbocycles. The minimum atomic E-state index is 0.531. The molecule has 0 aromatic heterocycles. The SMILES string of the molecule is CCC1CCN(C(C)c2ccccc2C)CCN1. The van der Waals surface area contributed by atoms with Crippen LogP contribution in [0.2, 0.25) is 0 Å². The first-order chi connectivity index (χ1) is 8.72. The highest BCUT2D eigenvalue weighted by Crippen LogP contribution is 2.24. The van der Waals surface area contributed by atoms with Crippen molar-refractivity contribution < 1.29 is 0 Å². The molecule has 1 heterocycles. The first-order valence-corrected chi connectivity index (χ1v) is 7.25. The highest BCUT2D eigenvalue weighted by Gasteiger charge is 2.20. The minimum Gasteiger partial charge on any atom is -0.313 e. The van der Waals surface area contributed by atoms with E-state index in [1.165, 1.54) is 30.5 Å². The average molecular weight is 246 g/mol. The van der Waals surface area contributed by atoms with Crippen molar-refractivity contribution in [1.29, 1.82) is 0 Å². The summed E-state index contributed by atoms with van der Waals surface area (Å²) < 4.78 is 0. The summed E-state index contributed by atoms with van der Waals surface area (Å²) in [5.41, 5.74) is 2.89. The van der Waals surface area contributed by atoms with Crippen LogP contribution in [-0.4, -0.2) is 30.6 Å². The molecule has 2 atom stereocenters. The summed E-state index contributed by atoms with van der Waals surface area (Å²) in [5, 5.41) is 3.64. The van der Waals surface area contributed by atoms with Gasteiger partial charge in [-0.25, -0.2) is 0 Å². The Labute approximate surface area is 111 Å². The molecule has 1 aliphatic rings. The Kier molecular flexibility index (Phi) is 4.79. The van der Waals surface area contributed by atoms with Gasteiger partial charge in [0.15, 0.2) is 0 Å². The third kappa shape index (κ3) is 3.12. The fourth-order valence-corrected chi connectivity index (χ4v) is 2.94. The predicted octanol–water partition coefficient (Wildman–Crippen LogP) is 3.13. The maximum atomic E-state index is 3.64. The Morgan fingerprint density at radius 2 is 2.11 bits per heavy atom. The summed E-state index contributed by atoms with van der Waals surface area (Å²) in [6.07, 6.45) is 2.51. The molecular weight excluding hydrogens is 220 g/mol. The molecule has 1 saturated heterocycles. The van der Waals surface area contributed by atoms with Gasteiger partial charge in [0, 0.05) is 31.7 Å². The van der Waals surface area contributed by atoms with Gasteiger partial charge in [-0.2, -0.15) is 0 Å². The van der Waals surface area contributed by atoms with Crippen LogP contribution in [0.15, 0.2) is 24.3 Å². The third-order valence-corrected chi connectivity index (χ3v) is 4.28. The van der Waals surface area contributed by atoms with E-state index in [0.29, 0.717) is 12.1 Å². The number of nitrogens with zero attached hydrogens (tertiary/aromatic N) is 1. The molecule has 0 spiro atoms. The molecule has 2 nitrogen and oxygen atoms in total. The van der Waals surface area contributed by atoms with E-state index in [1.807, 2.05) is 0 Å². The lowest BCUT2D eigenvalue weighted by atomic mass is 10.0. The molecule has 18 heavy (non-hydrogen) atoms. The average Bonchev–Trinajstić information content (AvgIpc) is 2.63. The Bertz CT molecular complexity index is 375. The smallest absolute Gasteiger partial charge is 0.0323 e. The second-order valence-corrected chi connectivity index (χ2v) is 5.42. The van der Waals surface area contributed by atoms with E-state index in [-0.39, 0.29) is 0 Å². The Hall–Kier alpha value is -0.860. The van der Waals surface area contributed by atoms with Crippen LogP contribution in [0.3, 0.4) is 0 Å². The third-order valence-electron chi connectivity index (χ3n) is 4.28. The molecule has 0 bridgehead atoms. The standard InChI is InChI=1S/C16H26N2/c1-4-15-9-11-18(12-10-17-15)14(3)16-8-6-5-7-13(16)2/h5-8,14-15,17H,4,9-12H2,1-3H3. The monoisotopic (exact) mass is 246 g/mol. The summed E-state index contributed by atoms with van der Waals surface area (Å²) >= 11 is 0. The summed E-state index contributed by atoms with van der Waals surface area (Å²) in [5.74, 6) is 0. The highest BCUT2D eigenvalue weighted by molar-refractivity contribution is 5.28. The van der Waals surface area contributed by atoms with Gasteiger partial charge in [0.05, 0.1) is 0 Å². The molecule has 1 aliphatic heterocycles. The van der Waals surface area contributed by atoms with Crippen LogP contribution in [0.4, 0.5) is 0 Å². The molecule has 1 aromatic carbocycles. The fraction of sp³-hybridized carbons (Fsp3) is 0.625. The summed E-state index contributed by atoms with van der Waals surface area (Å²) in [6.45, 7) is 10.3. The van der Waals surface area contributed by atoms with Gasteiger partial charge in [0.25, 0.3) is 0 Å². The molecule has 1 aromatic rings. The van der Waals surface area contributed by atoms with Gasteiger partial charge in [-0.05, 0) is 37.8 Å². The van der Waals surface area contributed by atoms with Crippen LogP contribution in [0.5, 0.6) is 0 Å². The second kappa shape index (κ2) is 6.35. The largest absolute Gasteiger partial charge is 0.313 e. The van der Waals surface area contributed by atoms with E-state index in [4.69, 9.17) is 0 Å². The molecule has 2 heteroatoms. The first kappa shape index (κ1) is 13.6. The number of hydrogen-bond acceptors (Lipinski definition) is 2. The molecule has 1 N–H and O–H groups in total. The van der Waals surface area contributed by atoms with Crippen LogP contribution in [0, 0.1) is 6.92 Å². The van der Waals surface area contributed by atoms with Crippen molar-refractivity contribution >= 4 is 0 Å². The number of aryl methyl sites for hydroxylation is 1. The molecular formula is C16H26N2. The Morgan fingerprint density at radius 3 is 2.83 bits per heavy atom. The van der Waals surface area contributed by atoms with Crippen molar-refractivity contribution in [2.45, 2.75) is 45.7 Å². The molecule has 0 amide bonds. The Balaban J connectivity index is 2.05. The van der Waals surface area contributed by atoms with Crippen molar-refractivity contribution in [2.75, 3.05) is 19.6 Å². The van der Waals surface area contributed by atoms with E-state index in [1.54, 1.807) is 0 Å². The van der Waals surface area contributed by atoms with E-state index in [2.05, 4.69) is 55.3 Å². The number of rotatable bonds is 3. The zero-order valence-electron chi connectivity index (χ0n) is 11.9. The van der Waals surface area contributed by atoms with E-state index < -0.39 is 0 Å². The topological polar surface area (TPSA) is 15.3 Å². The fourth-order valence-electron chi connectivity index (χ4n) is 2.94. The summed E-state index contributed by atoms with van der Waals surface area (Å²) in [6, 6.07) is 10.0. The van der Waals surface area contributed by atoms with Gasteiger partial charge < -0.3 is 5.32 Å². The van der Waals surface area contributed by atoms with Gasteiger partial charge in [-0.3, -0.25) is 4.90 Å². The van der Waals surface area contributed by atoms with Crippen LogP contribution < -0.4 is 5.32 Å². The van der Waals surface area contributed by atoms with Crippen LogP contribution in [0.25, 0.3) is 0 Å². The maximum absolute atomic E-state index is 3.64. The number of benzene rings is 1.